The second-order valence-electron chi connectivity index (χ2n) is 6.25. The first-order valence-corrected chi connectivity index (χ1v) is 7.63. The molecular formula is C11H19FN2O4S. The summed E-state index contributed by atoms with van der Waals surface area (Å²) in [6, 6.07) is 0. The summed E-state index contributed by atoms with van der Waals surface area (Å²) in [5.41, 5.74) is -1.28. The first-order chi connectivity index (χ1) is 8.54. The van der Waals surface area contributed by atoms with Crippen molar-refractivity contribution >= 4 is 16.3 Å². The molecule has 0 radical (unpaired) electrons. The zero-order valence-corrected chi connectivity index (χ0v) is 12.1. The van der Waals surface area contributed by atoms with Gasteiger partial charge in [0.2, 0.25) is 0 Å². The van der Waals surface area contributed by atoms with Gasteiger partial charge in [-0.1, -0.05) is 0 Å². The van der Waals surface area contributed by atoms with Crippen LogP contribution in [0.3, 0.4) is 0 Å². The van der Waals surface area contributed by atoms with Gasteiger partial charge in [-0.3, -0.25) is 0 Å². The highest BCUT2D eigenvalue weighted by Crippen LogP contribution is 2.50. The molecule has 1 atom stereocenters. The highest BCUT2D eigenvalue weighted by atomic mass is 32.2. The molecule has 0 aromatic rings. The van der Waals surface area contributed by atoms with E-state index in [1.807, 2.05) is 4.72 Å². The quantitative estimate of drug-likeness (QED) is 0.830. The van der Waals surface area contributed by atoms with Crippen molar-refractivity contribution in [3.63, 3.8) is 0 Å². The molecule has 0 aromatic heterocycles. The van der Waals surface area contributed by atoms with E-state index in [1.54, 1.807) is 20.8 Å². The Labute approximate surface area is 112 Å². The number of hydrogen-bond acceptors (Lipinski definition) is 4. The van der Waals surface area contributed by atoms with Crippen molar-refractivity contribution in [3.8, 4) is 0 Å². The number of rotatable bonds is 2. The van der Waals surface area contributed by atoms with Crippen LogP contribution in [-0.4, -0.2) is 43.7 Å². The molecule has 6 nitrogen and oxygen atoms in total. The summed E-state index contributed by atoms with van der Waals surface area (Å²) in [6.07, 6.45) is -0.751. The van der Waals surface area contributed by atoms with Crippen LogP contribution in [0.4, 0.5) is 9.18 Å². The number of alkyl halides is 1. The Bertz CT molecular complexity index is 479. The van der Waals surface area contributed by atoms with Crippen molar-refractivity contribution in [3.05, 3.63) is 0 Å². The average molecular weight is 294 g/mol. The Morgan fingerprint density at radius 2 is 2.00 bits per heavy atom. The van der Waals surface area contributed by atoms with Gasteiger partial charge in [0.05, 0.1) is 0 Å². The summed E-state index contributed by atoms with van der Waals surface area (Å²) in [7, 11) is -3.92. The van der Waals surface area contributed by atoms with Crippen LogP contribution in [0.25, 0.3) is 0 Å². The highest BCUT2D eigenvalue weighted by molar-refractivity contribution is 7.87. The molecule has 1 unspecified atom stereocenters. The fourth-order valence-electron chi connectivity index (χ4n) is 2.31. The zero-order valence-electron chi connectivity index (χ0n) is 11.3. The van der Waals surface area contributed by atoms with Gasteiger partial charge in [0.25, 0.3) is 0 Å². The lowest BCUT2D eigenvalue weighted by atomic mass is 9.63. The van der Waals surface area contributed by atoms with Crippen molar-refractivity contribution < 1.29 is 22.3 Å². The van der Waals surface area contributed by atoms with Crippen LogP contribution in [0.1, 0.15) is 33.6 Å². The first kappa shape index (κ1) is 14.5. The summed E-state index contributed by atoms with van der Waals surface area (Å²) < 4.78 is 44.8. The maximum Gasteiger partial charge on any atom is 0.422 e. The largest absolute Gasteiger partial charge is 0.443 e. The molecule has 1 amide bonds. The van der Waals surface area contributed by atoms with Gasteiger partial charge < -0.3 is 4.74 Å². The summed E-state index contributed by atoms with van der Waals surface area (Å²) in [4.78, 5) is 11.4. The standard InChI is InChI=1S/C11H19FN2O4S/c1-10(2,3)18-9(15)13-19(16,17)14-6-11(7-14)5-4-8(11)12/h8H,4-7H2,1-3H3,(H,13,15). The number of amides is 1. The molecule has 2 fully saturated rings. The lowest BCUT2D eigenvalue weighted by Gasteiger charge is -2.56. The Kier molecular flexibility index (Phi) is 3.29. The average Bonchev–Trinajstić information content (AvgIpc) is 2.08. The van der Waals surface area contributed by atoms with Crippen LogP contribution in [0.15, 0.2) is 0 Å². The van der Waals surface area contributed by atoms with E-state index in [4.69, 9.17) is 4.74 Å². The van der Waals surface area contributed by atoms with Gasteiger partial charge >= 0.3 is 16.3 Å². The predicted molar refractivity (Wildman–Crippen MR) is 66.4 cm³/mol. The van der Waals surface area contributed by atoms with Crippen LogP contribution in [-0.2, 0) is 14.9 Å². The fourth-order valence-corrected chi connectivity index (χ4v) is 3.55. The molecule has 110 valence electrons. The number of ether oxygens (including phenoxy) is 1. The monoisotopic (exact) mass is 294 g/mol. The molecule has 2 rings (SSSR count). The number of carbonyl (C=O) groups excluding carboxylic acids is 1. The van der Waals surface area contributed by atoms with Gasteiger partial charge in [-0.15, -0.1) is 0 Å². The number of halogens is 1. The van der Waals surface area contributed by atoms with Crippen molar-refractivity contribution in [2.45, 2.75) is 45.4 Å². The lowest BCUT2D eigenvalue weighted by molar-refractivity contribution is -0.0896. The van der Waals surface area contributed by atoms with Crippen molar-refractivity contribution in [1.29, 1.82) is 0 Å². The second-order valence-corrected chi connectivity index (χ2v) is 7.92. The van der Waals surface area contributed by atoms with Crippen molar-refractivity contribution in [1.82, 2.24) is 9.03 Å². The van der Waals surface area contributed by atoms with Gasteiger partial charge in [-0.25, -0.2) is 13.9 Å². The molecule has 1 N–H and O–H groups in total. The van der Waals surface area contributed by atoms with Gasteiger partial charge in [-0.2, -0.15) is 12.7 Å². The normalized spacial score (nSPS) is 26.4. The molecule has 1 aliphatic carbocycles. The van der Waals surface area contributed by atoms with E-state index in [0.717, 1.165) is 4.31 Å². The van der Waals surface area contributed by atoms with E-state index in [0.29, 0.717) is 12.8 Å². The zero-order chi connectivity index (χ0) is 14.5. The van der Waals surface area contributed by atoms with E-state index >= 15 is 0 Å². The van der Waals surface area contributed by atoms with E-state index in [2.05, 4.69) is 0 Å². The van der Waals surface area contributed by atoms with Gasteiger partial charge in [0.15, 0.2) is 0 Å². The van der Waals surface area contributed by atoms with Gasteiger partial charge in [0, 0.05) is 18.5 Å². The van der Waals surface area contributed by atoms with Crippen LogP contribution >= 0.6 is 0 Å². The third-order valence-electron chi connectivity index (χ3n) is 3.49. The molecule has 1 aliphatic heterocycles. The van der Waals surface area contributed by atoms with Crippen molar-refractivity contribution in [2.24, 2.45) is 5.41 Å². The number of carbonyl (C=O) groups is 1. The molecule has 1 heterocycles. The topological polar surface area (TPSA) is 75.7 Å². The Morgan fingerprint density at radius 3 is 2.37 bits per heavy atom. The van der Waals surface area contributed by atoms with Gasteiger partial charge in [0.1, 0.15) is 11.8 Å². The van der Waals surface area contributed by atoms with E-state index in [9.17, 15) is 17.6 Å². The minimum absolute atomic E-state index is 0.131. The lowest BCUT2D eigenvalue weighted by Crippen LogP contribution is -2.68. The Balaban J connectivity index is 1.89. The summed E-state index contributed by atoms with van der Waals surface area (Å²) in [5.74, 6) is 0. The molecule has 2 aliphatic rings. The maximum atomic E-state index is 13.3. The highest BCUT2D eigenvalue weighted by Gasteiger charge is 2.58. The Hall–Kier alpha value is -0.890. The molecule has 1 spiro atoms. The van der Waals surface area contributed by atoms with E-state index in [-0.39, 0.29) is 13.1 Å². The summed E-state index contributed by atoms with van der Waals surface area (Å²) in [6.45, 7) is 5.18. The fraction of sp³-hybridized carbons (Fsp3) is 0.909. The third-order valence-corrected chi connectivity index (χ3v) is 4.86. The second kappa shape index (κ2) is 4.31. The van der Waals surface area contributed by atoms with Crippen LogP contribution in [0.2, 0.25) is 0 Å². The minimum atomic E-state index is -3.92. The first-order valence-electron chi connectivity index (χ1n) is 6.19. The maximum absolute atomic E-state index is 13.3. The summed E-state index contributed by atoms with van der Waals surface area (Å²) >= 11 is 0. The number of nitrogens with one attached hydrogen (secondary N) is 1. The molecular weight excluding hydrogens is 275 g/mol. The molecule has 0 aromatic carbocycles. The van der Waals surface area contributed by atoms with E-state index < -0.39 is 33.5 Å². The molecule has 8 heteroatoms. The SMILES string of the molecule is CC(C)(C)OC(=O)NS(=O)(=O)N1CC2(CCC2F)C1. The smallest absolute Gasteiger partial charge is 0.422 e. The Morgan fingerprint density at radius 1 is 1.42 bits per heavy atom. The summed E-state index contributed by atoms with van der Waals surface area (Å²) in [5, 5.41) is 0. The predicted octanol–water partition coefficient (Wildman–Crippen LogP) is 1.19. The van der Waals surface area contributed by atoms with Crippen LogP contribution in [0, 0.1) is 5.41 Å². The molecule has 19 heavy (non-hydrogen) atoms. The van der Waals surface area contributed by atoms with E-state index in [1.165, 1.54) is 0 Å². The minimum Gasteiger partial charge on any atom is -0.443 e. The molecule has 0 bridgehead atoms. The van der Waals surface area contributed by atoms with Crippen LogP contribution in [0.5, 0.6) is 0 Å². The van der Waals surface area contributed by atoms with Gasteiger partial charge in [-0.05, 0) is 33.6 Å². The van der Waals surface area contributed by atoms with Crippen LogP contribution < -0.4 is 4.72 Å². The van der Waals surface area contributed by atoms with Crippen molar-refractivity contribution in [2.75, 3.05) is 13.1 Å². The molecule has 1 saturated heterocycles. The molecule has 1 saturated carbocycles. The number of nitrogens with zero attached hydrogens (tertiary/aromatic N) is 1. The third kappa shape index (κ3) is 2.84. The number of hydrogen-bond donors (Lipinski definition) is 1.